The molecule has 6 heteroatoms. The lowest BCUT2D eigenvalue weighted by atomic mass is 9.91. The molecule has 170 valence electrons. The zero-order valence-corrected chi connectivity index (χ0v) is 20.0. The van der Waals surface area contributed by atoms with Crippen molar-refractivity contribution in [2.24, 2.45) is 11.3 Å². The molecule has 1 N–H and O–H groups in total. The number of hydrogen-bond donors (Lipinski definition) is 1. The molecule has 0 bridgehead atoms. The highest BCUT2D eigenvalue weighted by molar-refractivity contribution is 5.85. The molecule has 31 heavy (non-hydrogen) atoms. The Hall–Kier alpha value is -1.59. The highest BCUT2D eigenvalue weighted by Crippen LogP contribution is 2.59. The van der Waals surface area contributed by atoms with Crippen LogP contribution in [0.5, 0.6) is 0 Å². The minimum atomic E-state index is 0. The second-order valence-electron chi connectivity index (χ2n) is 8.84. The van der Waals surface area contributed by atoms with E-state index in [2.05, 4.69) is 76.8 Å². The molecular formula is C25H35Cl2N3O. The van der Waals surface area contributed by atoms with Crippen LogP contribution in [0.4, 0.5) is 0 Å². The SMILES string of the molecule is CN(CCN(Cc1ccccc1)C(=O)C1CC12CCNCC2)Cc1ccccc1.Cl.Cl. The first-order chi connectivity index (χ1) is 14.2. The molecule has 0 aromatic heterocycles. The zero-order chi connectivity index (χ0) is 20.1. The fourth-order valence-corrected chi connectivity index (χ4v) is 4.73. The van der Waals surface area contributed by atoms with Gasteiger partial charge in [-0.05, 0) is 55.9 Å². The molecule has 2 aliphatic rings. The minimum absolute atomic E-state index is 0. The van der Waals surface area contributed by atoms with Crippen molar-refractivity contribution in [3.05, 3.63) is 71.8 Å². The molecule has 1 aliphatic carbocycles. The van der Waals surface area contributed by atoms with Crippen LogP contribution in [0.2, 0.25) is 0 Å². The van der Waals surface area contributed by atoms with Crippen LogP contribution in [0.25, 0.3) is 0 Å². The predicted octanol–water partition coefficient (Wildman–Crippen LogP) is 4.38. The number of nitrogens with zero attached hydrogens (tertiary/aromatic N) is 2. The molecule has 1 atom stereocenters. The van der Waals surface area contributed by atoms with Crippen molar-refractivity contribution in [3.63, 3.8) is 0 Å². The maximum Gasteiger partial charge on any atom is 0.226 e. The van der Waals surface area contributed by atoms with Gasteiger partial charge in [0.2, 0.25) is 5.91 Å². The molecule has 1 aliphatic heterocycles. The van der Waals surface area contributed by atoms with E-state index in [1.165, 1.54) is 11.1 Å². The number of benzene rings is 2. The van der Waals surface area contributed by atoms with Gasteiger partial charge in [-0.25, -0.2) is 0 Å². The Labute approximate surface area is 199 Å². The minimum Gasteiger partial charge on any atom is -0.337 e. The van der Waals surface area contributed by atoms with E-state index >= 15 is 0 Å². The van der Waals surface area contributed by atoms with Crippen molar-refractivity contribution in [1.29, 1.82) is 0 Å². The number of nitrogens with one attached hydrogen (secondary N) is 1. The van der Waals surface area contributed by atoms with Crippen molar-refractivity contribution in [3.8, 4) is 0 Å². The Bertz CT molecular complexity index is 797. The van der Waals surface area contributed by atoms with Gasteiger partial charge in [0.1, 0.15) is 0 Å². The zero-order valence-electron chi connectivity index (χ0n) is 18.3. The third-order valence-corrected chi connectivity index (χ3v) is 6.66. The Morgan fingerprint density at radius 1 is 0.903 bits per heavy atom. The maximum atomic E-state index is 13.4. The molecular weight excluding hydrogens is 429 g/mol. The molecule has 1 spiro atoms. The number of hydrogen-bond acceptors (Lipinski definition) is 3. The summed E-state index contributed by atoms with van der Waals surface area (Å²) in [7, 11) is 2.14. The highest BCUT2D eigenvalue weighted by Gasteiger charge is 2.58. The van der Waals surface area contributed by atoms with Crippen LogP contribution in [-0.4, -0.2) is 48.9 Å². The van der Waals surface area contributed by atoms with Gasteiger partial charge in [-0.2, -0.15) is 0 Å². The topological polar surface area (TPSA) is 35.6 Å². The van der Waals surface area contributed by atoms with Crippen LogP contribution in [0.3, 0.4) is 0 Å². The first-order valence-corrected chi connectivity index (χ1v) is 10.9. The van der Waals surface area contributed by atoms with Crippen LogP contribution >= 0.6 is 24.8 Å². The van der Waals surface area contributed by atoms with Gasteiger partial charge >= 0.3 is 0 Å². The summed E-state index contributed by atoms with van der Waals surface area (Å²) in [5.74, 6) is 0.594. The summed E-state index contributed by atoms with van der Waals surface area (Å²) in [6.07, 6.45) is 3.38. The van der Waals surface area contributed by atoms with E-state index in [0.717, 1.165) is 52.0 Å². The molecule has 4 nitrogen and oxygen atoms in total. The molecule has 0 radical (unpaired) electrons. The normalized spacial score (nSPS) is 18.7. The molecule has 1 heterocycles. The van der Waals surface area contributed by atoms with Crippen molar-refractivity contribution >= 4 is 30.7 Å². The van der Waals surface area contributed by atoms with E-state index in [1.54, 1.807) is 0 Å². The molecule has 2 aromatic rings. The van der Waals surface area contributed by atoms with E-state index in [-0.39, 0.29) is 36.1 Å². The van der Waals surface area contributed by atoms with Crippen LogP contribution in [-0.2, 0) is 17.9 Å². The Kier molecular flexibility index (Phi) is 9.83. The van der Waals surface area contributed by atoms with E-state index in [9.17, 15) is 4.79 Å². The van der Waals surface area contributed by atoms with E-state index in [0.29, 0.717) is 12.5 Å². The Morgan fingerprint density at radius 2 is 1.45 bits per heavy atom. The summed E-state index contributed by atoms with van der Waals surface area (Å²) in [6, 6.07) is 20.9. The van der Waals surface area contributed by atoms with Crippen LogP contribution in [0, 0.1) is 11.3 Å². The first kappa shape index (κ1) is 25.7. The van der Waals surface area contributed by atoms with Gasteiger partial charge in [-0.1, -0.05) is 60.7 Å². The maximum absolute atomic E-state index is 13.4. The van der Waals surface area contributed by atoms with Crippen molar-refractivity contribution in [1.82, 2.24) is 15.1 Å². The fraction of sp³-hybridized carbons (Fsp3) is 0.480. The second-order valence-corrected chi connectivity index (χ2v) is 8.84. The lowest BCUT2D eigenvalue weighted by Gasteiger charge is -2.29. The first-order valence-electron chi connectivity index (χ1n) is 10.9. The molecule has 2 aromatic carbocycles. The highest BCUT2D eigenvalue weighted by atomic mass is 35.5. The van der Waals surface area contributed by atoms with Gasteiger partial charge in [-0.15, -0.1) is 24.8 Å². The summed E-state index contributed by atoms with van der Waals surface area (Å²) in [5.41, 5.74) is 2.81. The van der Waals surface area contributed by atoms with E-state index in [1.807, 2.05) is 6.07 Å². The smallest absolute Gasteiger partial charge is 0.226 e. The average Bonchev–Trinajstić information content (AvgIpc) is 3.45. The summed E-state index contributed by atoms with van der Waals surface area (Å²) in [5, 5.41) is 3.44. The van der Waals surface area contributed by atoms with Crippen molar-refractivity contribution in [2.75, 3.05) is 33.2 Å². The van der Waals surface area contributed by atoms with Gasteiger partial charge in [0.05, 0.1) is 0 Å². The molecule has 2 fully saturated rings. The largest absolute Gasteiger partial charge is 0.337 e. The molecule has 1 amide bonds. The average molecular weight is 464 g/mol. The standard InChI is InChI=1S/C25H33N3O.2ClH/c1-27(19-21-8-4-2-5-9-21)16-17-28(20-22-10-6-3-7-11-22)24(29)23-18-25(23)12-14-26-15-13-25;;/h2-11,23,26H,12-20H2,1H3;2*1H. The van der Waals surface area contributed by atoms with Crippen LogP contribution < -0.4 is 5.32 Å². The third kappa shape index (κ3) is 6.69. The monoisotopic (exact) mass is 463 g/mol. The van der Waals surface area contributed by atoms with Crippen LogP contribution in [0.1, 0.15) is 30.4 Å². The lowest BCUT2D eigenvalue weighted by Crippen LogP contribution is -2.40. The van der Waals surface area contributed by atoms with Gasteiger partial charge in [0, 0.05) is 32.1 Å². The van der Waals surface area contributed by atoms with E-state index < -0.39 is 0 Å². The Morgan fingerprint density at radius 3 is 2.03 bits per heavy atom. The van der Waals surface area contributed by atoms with Crippen molar-refractivity contribution < 1.29 is 4.79 Å². The summed E-state index contributed by atoms with van der Waals surface area (Å²) in [4.78, 5) is 17.9. The third-order valence-electron chi connectivity index (χ3n) is 6.66. The summed E-state index contributed by atoms with van der Waals surface area (Å²) in [6.45, 7) is 5.40. The molecule has 4 rings (SSSR count). The van der Waals surface area contributed by atoms with Crippen LogP contribution in [0.15, 0.2) is 60.7 Å². The fourth-order valence-electron chi connectivity index (χ4n) is 4.73. The molecule has 1 saturated carbocycles. The lowest BCUT2D eigenvalue weighted by molar-refractivity contribution is -0.134. The number of likely N-dealkylation sites (N-methyl/N-ethyl adjacent to an activating group) is 1. The number of carbonyl (C=O) groups excluding carboxylic acids is 1. The summed E-state index contributed by atoms with van der Waals surface area (Å²) >= 11 is 0. The quantitative estimate of drug-likeness (QED) is 0.630. The van der Waals surface area contributed by atoms with Gasteiger partial charge in [0.25, 0.3) is 0 Å². The van der Waals surface area contributed by atoms with Gasteiger partial charge < -0.3 is 15.1 Å². The number of piperidine rings is 1. The molecule has 1 unspecified atom stereocenters. The second kappa shape index (κ2) is 11.9. The molecule has 1 saturated heterocycles. The summed E-state index contributed by atoms with van der Waals surface area (Å²) < 4.78 is 0. The predicted molar refractivity (Wildman–Crippen MR) is 132 cm³/mol. The number of amides is 1. The number of halogens is 2. The van der Waals surface area contributed by atoms with Gasteiger partial charge in [-0.3, -0.25) is 4.79 Å². The van der Waals surface area contributed by atoms with Gasteiger partial charge in [0.15, 0.2) is 0 Å². The number of carbonyl (C=O) groups is 1. The van der Waals surface area contributed by atoms with Crippen molar-refractivity contribution in [2.45, 2.75) is 32.4 Å². The Balaban J connectivity index is 0.00000171. The number of rotatable bonds is 8. The van der Waals surface area contributed by atoms with E-state index in [4.69, 9.17) is 0 Å².